The maximum atomic E-state index is 10.9. The molecule has 0 fully saturated rings. The Morgan fingerprint density at radius 2 is 2.18 bits per heavy atom. The van der Waals surface area contributed by atoms with E-state index in [0.29, 0.717) is 12.1 Å². The lowest BCUT2D eigenvalue weighted by Crippen LogP contribution is -2.10. The zero-order valence-electron chi connectivity index (χ0n) is 6.55. The van der Waals surface area contributed by atoms with Crippen LogP contribution in [0.3, 0.4) is 0 Å². The Bertz CT molecular complexity index is 289. The highest BCUT2D eigenvalue weighted by atomic mass is 35.5. The Morgan fingerprint density at radius 3 is 2.36 bits per heavy atom. The molecule has 0 unspecified atom stereocenters. The van der Waals surface area contributed by atoms with Crippen LogP contribution in [0.1, 0.15) is 11.3 Å². The summed E-state index contributed by atoms with van der Waals surface area (Å²) in [5.74, 6) is 0. The van der Waals surface area contributed by atoms with Gasteiger partial charge >= 0.3 is 0 Å². The lowest BCUT2D eigenvalue weighted by molar-refractivity contribution is 0.730. The minimum Gasteiger partial charge on any atom is -0.326 e. The molecule has 1 aromatic heterocycles. The first-order chi connectivity index (χ1) is 4.66. The van der Waals surface area contributed by atoms with Crippen molar-refractivity contribution >= 4 is 12.4 Å². The molecule has 0 amide bonds. The number of halogens is 1. The molecular formula is C6H12ClN3O. The number of hydrogen-bond donors (Lipinski definition) is 2. The molecule has 0 spiro atoms. The van der Waals surface area contributed by atoms with Crippen molar-refractivity contribution in [1.82, 2.24) is 9.78 Å². The summed E-state index contributed by atoms with van der Waals surface area (Å²) in [7, 11) is 1.79. The number of nitrogens with two attached hydrogens (primary N) is 1. The average Bonchev–Trinajstić information content (AvgIpc) is 2.09. The van der Waals surface area contributed by atoms with Gasteiger partial charge in [-0.1, -0.05) is 0 Å². The van der Waals surface area contributed by atoms with Crippen LogP contribution in [0.2, 0.25) is 0 Å². The Labute approximate surface area is 70.8 Å². The van der Waals surface area contributed by atoms with Gasteiger partial charge in [-0.3, -0.25) is 14.6 Å². The SMILES string of the molecule is Cc1c(CN)c(=O)[nH]n1C.Cl. The fourth-order valence-electron chi connectivity index (χ4n) is 0.911. The van der Waals surface area contributed by atoms with Gasteiger partial charge in [-0.2, -0.15) is 0 Å². The lowest BCUT2D eigenvalue weighted by Gasteiger charge is -1.93. The molecule has 1 aromatic rings. The predicted molar refractivity (Wildman–Crippen MR) is 45.9 cm³/mol. The molecule has 0 aliphatic carbocycles. The molecule has 1 heterocycles. The van der Waals surface area contributed by atoms with Crippen LogP contribution in [-0.4, -0.2) is 9.78 Å². The highest BCUT2D eigenvalue weighted by Gasteiger charge is 2.04. The number of hydrogen-bond acceptors (Lipinski definition) is 2. The van der Waals surface area contributed by atoms with Gasteiger partial charge in [0.15, 0.2) is 0 Å². The number of aromatic amines is 1. The third kappa shape index (κ3) is 1.64. The molecule has 0 saturated heterocycles. The summed E-state index contributed by atoms with van der Waals surface area (Å²) in [6, 6.07) is 0. The number of nitrogens with one attached hydrogen (secondary N) is 1. The summed E-state index contributed by atoms with van der Waals surface area (Å²) >= 11 is 0. The van der Waals surface area contributed by atoms with Crippen molar-refractivity contribution < 1.29 is 0 Å². The first-order valence-electron chi connectivity index (χ1n) is 3.11. The van der Waals surface area contributed by atoms with Crippen LogP contribution in [0.4, 0.5) is 0 Å². The van der Waals surface area contributed by atoms with Crippen LogP contribution >= 0.6 is 12.4 Å². The topological polar surface area (TPSA) is 63.8 Å². The molecule has 64 valence electrons. The molecule has 0 atom stereocenters. The zero-order chi connectivity index (χ0) is 7.72. The Hall–Kier alpha value is -0.740. The van der Waals surface area contributed by atoms with Crippen LogP contribution in [-0.2, 0) is 13.6 Å². The average molecular weight is 178 g/mol. The van der Waals surface area contributed by atoms with E-state index in [2.05, 4.69) is 5.10 Å². The van der Waals surface area contributed by atoms with E-state index in [1.54, 1.807) is 11.7 Å². The van der Waals surface area contributed by atoms with Crippen molar-refractivity contribution in [2.45, 2.75) is 13.5 Å². The van der Waals surface area contributed by atoms with Gasteiger partial charge in [-0.15, -0.1) is 12.4 Å². The summed E-state index contributed by atoms with van der Waals surface area (Å²) in [6.45, 7) is 2.17. The van der Waals surface area contributed by atoms with E-state index < -0.39 is 0 Å². The lowest BCUT2D eigenvalue weighted by atomic mass is 10.3. The van der Waals surface area contributed by atoms with Gasteiger partial charge in [0.05, 0.1) is 5.56 Å². The van der Waals surface area contributed by atoms with Crippen LogP contribution in [0.25, 0.3) is 0 Å². The first-order valence-corrected chi connectivity index (χ1v) is 3.11. The Kier molecular flexibility index (Phi) is 3.35. The highest BCUT2D eigenvalue weighted by molar-refractivity contribution is 5.85. The van der Waals surface area contributed by atoms with E-state index in [-0.39, 0.29) is 18.0 Å². The van der Waals surface area contributed by atoms with Crippen molar-refractivity contribution in [3.05, 3.63) is 21.6 Å². The van der Waals surface area contributed by atoms with Crippen molar-refractivity contribution in [1.29, 1.82) is 0 Å². The normalized spacial score (nSPS) is 9.36. The van der Waals surface area contributed by atoms with Crippen molar-refractivity contribution in [3.8, 4) is 0 Å². The molecule has 3 N–H and O–H groups in total. The van der Waals surface area contributed by atoms with Crippen molar-refractivity contribution in [2.75, 3.05) is 0 Å². The largest absolute Gasteiger partial charge is 0.326 e. The molecule has 0 bridgehead atoms. The standard InChI is InChI=1S/C6H11N3O.ClH/c1-4-5(3-7)6(10)8-9(4)2;/h3,7H2,1-2H3,(H,8,10);1H. The van der Waals surface area contributed by atoms with Crippen LogP contribution < -0.4 is 11.3 Å². The molecule has 1 rings (SSSR count). The summed E-state index contributed by atoms with van der Waals surface area (Å²) in [5, 5.41) is 2.61. The van der Waals surface area contributed by atoms with Gasteiger partial charge < -0.3 is 5.73 Å². The third-order valence-corrected chi connectivity index (χ3v) is 1.69. The number of aromatic nitrogens is 2. The van der Waals surface area contributed by atoms with Gasteiger partial charge in [-0.25, -0.2) is 0 Å². The molecule has 0 radical (unpaired) electrons. The fourth-order valence-corrected chi connectivity index (χ4v) is 0.911. The second kappa shape index (κ2) is 3.59. The zero-order valence-corrected chi connectivity index (χ0v) is 7.36. The van der Waals surface area contributed by atoms with Crippen molar-refractivity contribution in [2.24, 2.45) is 12.8 Å². The van der Waals surface area contributed by atoms with Gasteiger partial charge in [0, 0.05) is 19.3 Å². The Morgan fingerprint density at radius 1 is 1.64 bits per heavy atom. The molecule has 0 saturated carbocycles. The summed E-state index contributed by atoms with van der Waals surface area (Å²) in [4.78, 5) is 10.9. The molecule has 0 aliphatic rings. The summed E-state index contributed by atoms with van der Waals surface area (Å²) in [6.07, 6.45) is 0. The summed E-state index contributed by atoms with van der Waals surface area (Å²) < 4.78 is 1.67. The van der Waals surface area contributed by atoms with Crippen LogP contribution in [0.15, 0.2) is 4.79 Å². The van der Waals surface area contributed by atoms with E-state index in [4.69, 9.17) is 5.73 Å². The van der Waals surface area contributed by atoms with E-state index >= 15 is 0 Å². The summed E-state index contributed by atoms with van der Waals surface area (Å²) in [5.41, 5.74) is 6.83. The minimum atomic E-state index is -0.0810. The van der Waals surface area contributed by atoms with Gasteiger partial charge in [0.2, 0.25) is 0 Å². The first kappa shape index (κ1) is 10.3. The second-order valence-corrected chi connectivity index (χ2v) is 2.27. The monoisotopic (exact) mass is 177 g/mol. The maximum absolute atomic E-state index is 10.9. The number of rotatable bonds is 1. The third-order valence-electron chi connectivity index (χ3n) is 1.69. The van der Waals surface area contributed by atoms with Gasteiger partial charge in [0.25, 0.3) is 5.56 Å². The van der Waals surface area contributed by atoms with E-state index in [0.717, 1.165) is 5.69 Å². The molecule has 0 aliphatic heterocycles. The van der Waals surface area contributed by atoms with Crippen molar-refractivity contribution in [3.63, 3.8) is 0 Å². The molecule has 11 heavy (non-hydrogen) atoms. The molecule has 4 nitrogen and oxygen atoms in total. The maximum Gasteiger partial charge on any atom is 0.268 e. The second-order valence-electron chi connectivity index (χ2n) is 2.27. The minimum absolute atomic E-state index is 0. The van der Waals surface area contributed by atoms with Gasteiger partial charge in [-0.05, 0) is 6.92 Å². The number of nitrogens with zero attached hydrogens (tertiary/aromatic N) is 1. The smallest absolute Gasteiger partial charge is 0.268 e. The molecule has 0 aromatic carbocycles. The van der Waals surface area contributed by atoms with E-state index in [1.807, 2.05) is 6.92 Å². The quantitative estimate of drug-likeness (QED) is 0.630. The highest BCUT2D eigenvalue weighted by Crippen LogP contribution is 1.96. The predicted octanol–water partition coefficient (Wildman–Crippen LogP) is -0.0977. The number of aryl methyl sites for hydroxylation is 1. The molecule has 5 heteroatoms. The van der Waals surface area contributed by atoms with Gasteiger partial charge in [0.1, 0.15) is 0 Å². The van der Waals surface area contributed by atoms with Crippen LogP contribution in [0.5, 0.6) is 0 Å². The van der Waals surface area contributed by atoms with Crippen LogP contribution in [0, 0.1) is 6.92 Å². The fraction of sp³-hybridized carbons (Fsp3) is 0.500. The number of H-pyrrole nitrogens is 1. The molecular weight excluding hydrogens is 166 g/mol. The Balaban J connectivity index is 0.000001000. The van der Waals surface area contributed by atoms with E-state index in [1.165, 1.54) is 0 Å². The van der Waals surface area contributed by atoms with E-state index in [9.17, 15) is 4.79 Å².